The van der Waals surface area contributed by atoms with Gasteiger partial charge in [0.05, 0.1) is 24.8 Å². The molecule has 0 bridgehead atoms. The number of aliphatic carboxylic acids is 1. The summed E-state index contributed by atoms with van der Waals surface area (Å²) in [5, 5.41) is 8.86. The molecule has 5 heterocycles. The number of fused-ring (bicyclic) bond motifs is 3. The Kier molecular flexibility index (Phi) is 18.1. The molecule has 0 saturated heterocycles. The van der Waals surface area contributed by atoms with E-state index in [1.54, 1.807) is 30.6 Å². The molecule has 0 atom stereocenters. The number of ketones is 1. The highest BCUT2D eigenvalue weighted by Gasteiger charge is 2.53. The number of carbonyl (C=O) groups excluding carboxylic acids is 2. The van der Waals surface area contributed by atoms with Crippen LogP contribution in [-0.4, -0.2) is 63.8 Å². The minimum Gasteiger partial charge on any atom is -0.481 e. The number of halogens is 6. The lowest BCUT2D eigenvalue weighted by molar-refractivity contribution is -0.140. The summed E-state index contributed by atoms with van der Waals surface area (Å²) in [6.45, 7) is 0.724. The van der Waals surface area contributed by atoms with Crippen molar-refractivity contribution in [3.8, 4) is 34.5 Å². The van der Waals surface area contributed by atoms with Gasteiger partial charge in [-0.3, -0.25) is 23.8 Å². The topological polar surface area (TPSA) is 196 Å². The van der Waals surface area contributed by atoms with Gasteiger partial charge in [-0.25, -0.2) is 9.19 Å². The Labute approximate surface area is 421 Å². The number of nitrogens with two attached hydrogens (primary N) is 1. The molecule has 5 aromatic rings. The summed E-state index contributed by atoms with van der Waals surface area (Å²) in [5.41, 5.74) is 7.40. The Hall–Kier alpha value is -4.72. The number of alkyl halides is 1. The molecule has 67 heavy (non-hydrogen) atoms. The number of ether oxygens (including phenoxy) is 6. The third kappa shape index (κ3) is 13.3. The number of benzene rings is 3. The van der Waals surface area contributed by atoms with Crippen LogP contribution in [-0.2, 0) is 46.3 Å². The van der Waals surface area contributed by atoms with Crippen molar-refractivity contribution in [3.63, 3.8) is 0 Å². The maximum atomic E-state index is 12.8. The second-order valence-electron chi connectivity index (χ2n) is 15.2. The first kappa shape index (κ1) is 51.7. The van der Waals surface area contributed by atoms with E-state index in [0.29, 0.717) is 42.3 Å². The van der Waals surface area contributed by atoms with Crippen molar-refractivity contribution in [2.24, 2.45) is 0 Å². The van der Waals surface area contributed by atoms with Gasteiger partial charge in [0.25, 0.3) is 0 Å². The molecule has 358 valence electrons. The summed E-state index contributed by atoms with van der Waals surface area (Å²) in [6, 6.07) is 24.2. The number of carbonyl (C=O) groups is 3. The van der Waals surface area contributed by atoms with Gasteiger partial charge in [-0.2, -0.15) is 0 Å². The fourth-order valence-electron chi connectivity index (χ4n) is 7.14. The predicted octanol–water partition coefficient (Wildman–Crippen LogP) is 10.9. The second kappa shape index (κ2) is 23.5. The molecule has 3 fully saturated rings. The van der Waals surface area contributed by atoms with Gasteiger partial charge in [0.15, 0.2) is 34.5 Å². The number of hydrogen-bond acceptors (Lipinski definition) is 13. The molecule has 14 nitrogen and oxygen atoms in total. The molecule has 3 N–H and O–H groups in total. The average Bonchev–Trinajstić information content (AvgIpc) is 4.27. The van der Waals surface area contributed by atoms with Crippen molar-refractivity contribution < 1.29 is 57.9 Å². The third-order valence-electron chi connectivity index (χ3n) is 11.2. The van der Waals surface area contributed by atoms with Crippen LogP contribution in [0.5, 0.6) is 34.5 Å². The van der Waals surface area contributed by atoms with Crippen molar-refractivity contribution in [2.75, 3.05) is 33.3 Å². The van der Waals surface area contributed by atoms with E-state index < -0.39 is 33.2 Å². The summed E-state index contributed by atoms with van der Waals surface area (Å²) < 4.78 is 58.1. The molecule has 0 spiro atoms. The van der Waals surface area contributed by atoms with E-state index in [1.807, 2.05) is 60.7 Å². The number of aromatic nitrogens is 2. The maximum absolute atomic E-state index is 12.8. The molecular weight excluding hydrogens is 1090 g/mol. The molecule has 6 aliphatic rings. The molecule has 3 aliphatic heterocycles. The van der Waals surface area contributed by atoms with Crippen LogP contribution in [0.2, 0.25) is 0 Å². The van der Waals surface area contributed by atoms with Crippen LogP contribution in [0.4, 0.5) is 10.2 Å². The third-order valence-corrected chi connectivity index (χ3v) is 12.5. The molecule has 0 radical (unpaired) electrons. The molecule has 21 heteroatoms. The van der Waals surface area contributed by atoms with Gasteiger partial charge in [0, 0.05) is 54.8 Å². The first-order valence-corrected chi connectivity index (χ1v) is 24.6. The number of nitrogen functional groups attached to an aromatic ring is 1. The van der Waals surface area contributed by atoms with Crippen LogP contribution in [0.25, 0.3) is 0 Å². The largest absolute Gasteiger partial charge is 0.481 e. The lowest BCUT2D eigenvalue weighted by Gasteiger charge is -2.15. The lowest BCUT2D eigenvalue weighted by Crippen LogP contribution is -2.22. The van der Waals surface area contributed by atoms with Crippen LogP contribution >= 0.6 is 64.8 Å². The first-order valence-electron chi connectivity index (χ1n) is 20.5. The number of pyridine rings is 2. The van der Waals surface area contributed by atoms with Gasteiger partial charge >= 0.3 is 5.97 Å². The molecule has 3 aromatic carbocycles. The Morgan fingerprint density at radius 3 is 1.39 bits per heavy atom. The molecule has 0 amide bonds. The summed E-state index contributed by atoms with van der Waals surface area (Å²) in [4.78, 5) is 43.3. The monoisotopic (exact) mass is 1130 g/mol. The number of carboxylic acid groups (broad SMARTS) is 1. The van der Waals surface area contributed by atoms with Gasteiger partial charge in [0.2, 0.25) is 34.8 Å². The highest BCUT2D eigenvalue weighted by molar-refractivity contribution is 9.10. The van der Waals surface area contributed by atoms with Crippen LogP contribution in [0.3, 0.4) is 0 Å². The molecule has 2 aromatic heterocycles. The van der Waals surface area contributed by atoms with Crippen LogP contribution in [0.1, 0.15) is 69.7 Å². The Balaban J connectivity index is 0.000000168. The number of hydrogen-bond donors (Lipinski definition) is 2. The Morgan fingerprint density at radius 1 is 0.687 bits per heavy atom. The van der Waals surface area contributed by atoms with Crippen molar-refractivity contribution in [3.05, 3.63) is 123 Å². The standard InChI is InChI=1S/C17H14BrNO3.C11H9ClO3.C11H10O4.C5H5BrN2.CH3F.CH4.Cl2OS/c18-12-2-3-13(19-9-12)8-16(20)17(5-6-17)11-1-4-14-15(7-11)22-10-21-14;2*12-10(13)11(3-4-11)7-1-2-8-9(5-7)15-6-14-8;6-4-1-2-5(7)8-3-4;1-2;;1-4(2)3/h1-4,7,9H,5-6,8,10H2;1-2,5H,3-4,6H2;1-2,5H,3-4,6H2,(H,12,13);1-3H,(H2,7,8);1H3;1H4;/i;;;;1D;;. The summed E-state index contributed by atoms with van der Waals surface area (Å²) in [6.07, 6.45) is 8.61. The second-order valence-corrected chi connectivity index (χ2v) is 19.9. The highest BCUT2D eigenvalue weighted by atomic mass is 79.9. The fourth-order valence-corrected chi connectivity index (χ4v) is 7.91. The normalized spacial score (nSPS) is 16.6. The van der Waals surface area contributed by atoms with Crippen molar-refractivity contribution in [1.82, 2.24) is 9.97 Å². The fraction of sp³-hybridized carbons (Fsp3) is 0.326. The Bertz CT molecular complexity index is 2490. The summed E-state index contributed by atoms with van der Waals surface area (Å²) >= 11 is 12.2. The van der Waals surface area contributed by atoms with Crippen molar-refractivity contribution in [1.29, 1.82) is 0 Å². The van der Waals surface area contributed by atoms with E-state index >= 15 is 0 Å². The van der Waals surface area contributed by atoms with Gasteiger partial charge in [-0.05, 0) is 159 Å². The number of rotatable bonds is 8. The lowest BCUT2D eigenvalue weighted by atomic mass is 9.88. The van der Waals surface area contributed by atoms with E-state index in [1.165, 1.54) is 0 Å². The van der Waals surface area contributed by atoms with Crippen LogP contribution < -0.4 is 34.2 Å². The average molecular weight is 1130 g/mol. The molecule has 11 rings (SSSR count). The quantitative estimate of drug-likeness (QED) is 0.139. The number of Topliss-reactive ketones (excluding diaryl/α,β-unsaturated/α-hetero) is 1. The SMILES string of the molecule is C.Nc1ccc(Br)cn1.O=C(Cc1ccc(Br)cn1)C1(c2ccc3c(c2)OCO3)CC1.O=C(Cl)C1(c2ccc3c(c2)OCO3)CC1.O=C(O)C1(c2ccc3c(c2)OCO3)CC1.O=S(Cl)Cl.[2H]CF. The molecule has 0 unspecified atom stereocenters. The smallest absolute Gasteiger partial charge is 0.314 e. The maximum Gasteiger partial charge on any atom is 0.314 e. The Morgan fingerprint density at radius 2 is 1.06 bits per heavy atom. The first-order chi connectivity index (χ1) is 32.0. The van der Waals surface area contributed by atoms with E-state index in [0.717, 1.165) is 74.3 Å². The molecule has 3 aliphatic carbocycles. The minimum absolute atomic E-state index is 0. The van der Waals surface area contributed by atoms with Gasteiger partial charge in [-0.15, -0.1) is 0 Å². The zero-order valence-electron chi connectivity index (χ0n) is 35.6. The van der Waals surface area contributed by atoms with E-state index in [4.69, 9.17) is 56.4 Å². The van der Waals surface area contributed by atoms with Crippen molar-refractivity contribution >= 4 is 96.9 Å². The number of carboxylic acids is 1. The molecular formula is C46H45Br2Cl3FN3O11S. The van der Waals surface area contributed by atoms with Gasteiger partial charge < -0.3 is 39.3 Å². The van der Waals surface area contributed by atoms with E-state index in [9.17, 15) is 18.8 Å². The van der Waals surface area contributed by atoms with Crippen LogP contribution in [0.15, 0.2) is 100 Å². The zero-order chi connectivity index (χ0) is 48.4. The predicted molar refractivity (Wildman–Crippen MR) is 260 cm³/mol. The molecule has 3 saturated carbocycles. The van der Waals surface area contributed by atoms with Crippen molar-refractivity contribution in [2.45, 2.75) is 68.6 Å². The zero-order valence-corrected chi connectivity index (χ0v) is 40.9. The number of anilines is 1. The summed E-state index contributed by atoms with van der Waals surface area (Å²) in [7, 11) is 6.36. The van der Waals surface area contributed by atoms with Crippen LogP contribution in [0, 0.1) is 0 Å². The summed E-state index contributed by atoms with van der Waals surface area (Å²) in [5.74, 6) is 4.30. The van der Waals surface area contributed by atoms with E-state index in [2.05, 4.69) is 63.2 Å². The number of nitrogens with zero attached hydrogens (tertiary/aromatic N) is 2. The van der Waals surface area contributed by atoms with Gasteiger partial charge in [-0.1, -0.05) is 25.6 Å². The van der Waals surface area contributed by atoms with E-state index in [-0.39, 0.29) is 44.2 Å². The highest BCUT2D eigenvalue weighted by Crippen LogP contribution is 2.53. The van der Waals surface area contributed by atoms with Gasteiger partial charge in [0.1, 0.15) is 11.6 Å². The minimum atomic E-state index is -1.67.